The summed E-state index contributed by atoms with van der Waals surface area (Å²) in [6.45, 7) is 1.89. The van der Waals surface area contributed by atoms with E-state index in [1.54, 1.807) is 6.07 Å². The lowest BCUT2D eigenvalue weighted by molar-refractivity contribution is -0.144. The summed E-state index contributed by atoms with van der Waals surface area (Å²) < 4.78 is 19.4. The lowest BCUT2D eigenvalue weighted by Crippen LogP contribution is -2.28. The number of aryl methyl sites for hydroxylation is 1. The van der Waals surface area contributed by atoms with Crippen LogP contribution in [0.4, 0.5) is 4.39 Å². The number of Topliss-reactive ketones (excluding diaryl/α,β-unsaturated/α-hetero) is 1. The summed E-state index contributed by atoms with van der Waals surface area (Å²) in [4.78, 5) is 29.7. The predicted molar refractivity (Wildman–Crippen MR) is 118 cm³/mol. The van der Waals surface area contributed by atoms with Gasteiger partial charge >= 0.3 is 5.97 Å². The van der Waals surface area contributed by atoms with Crippen molar-refractivity contribution in [3.63, 3.8) is 0 Å². The number of cyclic esters (lactones) is 1. The number of halogens is 1. The van der Waals surface area contributed by atoms with Crippen LogP contribution in [0.5, 0.6) is 0 Å². The molecule has 0 aliphatic carbocycles. The van der Waals surface area contributed by atoms with Crippen molar-refractivity contribution in [3.05, 3.63) is 93.6 Å². The number of hydrogen-bond acceptors (Lipinski definition) is 4. The van der Waals surface area contributed by atoms with Crippen LogP contribution in [0.1, 0.15) is 28.3 Å². The van der Waals surface area contributed by atoms with E-state index >= 15 is 0 Å². The summed E-state index contributed by atoms with van der Waals surface area (Å²) >= 11 is 1.51. The molecule has 3 atom stereocenters. The van der Waals surface area contributed by atoms with Gasteiger partial charge in [-0.15, -0.1) is 0 Å². The molecule has 0 radical (unpaired) electrons. The molecule has 1 fully saturated rings. The minimum absolute atomic E-state index is 0.214. The number of nitrogens with one attached hydrogen (secondary N) is 1. The van der Waals surface area contributed by atoms with Crippen LogP contribution in [0.2, 0.25) is 0 Å². The van der Waals surface area contributed by atoms with E-state index in [0.717, 1.165) is 33.3 Å². The Hall–Kier alpha value is -3.25. The molecule has 1 aliphatic heterocycles. The number of carbonyl (C=O) groups is 2. The number of rotatable bonds is 5. The van der Waals surface area contributed by atoms with Crippen LogP contribution in [0.3, 0.4) is 0 Å². The first-order valence-electron chi connectivity index (χ1n) is 10.1. The maximum atomic E-state index is 13.8. The topological polar surface area (TPSA) is 59.2 Å². The largest absolute Gasteiger partial charge is 0.453 e. The van der Waals surface area contributed by atoms with E-state index in [1.165, 1.54) is 23.5 Å². The highest BCUT2D eigenvalue weighted by Gasteiger charge is 2.49. The van der Waals surface area contributed by atoms with Crippen molar-refractivity contribution < 1.29 is 18.7 Å². The molecule has 1 saturated heterocycles. The summed E-state index contributed by atoms with van der Waals surface area (Å²) in [6, 6.07) is 16.0. The summed E-state index contributed by atoms with van der Waals surface area (Å²) in [5.74, 6) is -2.50. The van der Waals surface area contributed by atoms with Crippen molar-refractivity contribution in [1.82, 2.24) is 4.98 Å². The molecule has 0 spiro atoms. The maximum absolute atomic E-state index is 13.8. The van der Waals surface area contributed by atoms with Crippen molar-refractivity contribution in [2.45, 2.75) is 25.4 Å². The van der Waals surface area contributed by atoms with Gasteiger partial charge in [0.25, 0.3) is 0 Å². The SMILES string of the molecule is Cc1c(C(c2ccsc2)C2C(=O)OC(Cc3ccccc3)C2=O)[nH]c2ccc(F)cc12. The average Bonchev–Trinajstić information content (AvgIpc) is 3.46. The molecule has 31 heavy (non-hydrogen) atoms. The lowest BCUT2D eigenvalue weighted by Gasteiger charge is -2.19. The fraction of sp³-hybridized carbons (Fsp3) is 0.200. The smallest absolute Gasteiger partial charge is 0.318 e. The van der Waals surface area contributed by atoms with E-state index in [1.807, 2.05) is 54.1 Å². The second kappa shape index (κ2) is 7.78. The number of carbonyl (C=O) groups excluding carboxylic acids is 2. The number of ketones is 1. The number of aromatic nitrogens is 1. The fourth-order valence-corrected chi connectivity index (χ4v) is 5.16. The number of ether oxygens (including phenoxy) is 1. The lowest BCUT2D eigenvalue weighted by atomic mass is 9.80. The van der Waals surface area contributed by atoms with Crippen LogP contribution >= 0.6 is 11.3 Å². The molecule has 1 N–H and O–H groups in total. The molecular weight excluding hydrogens is 413 g/mol. The minimum atomic E-state index is -0.945. The molecule has 3 unspecified atom stereocenters. The zero-order valence-electron chi connectivity index (χ0n) is 16.8. The Kier molecular flexibility index (Phi) is 4.94. The van der Waals surface area contributed by atoms with Gasteiger partial charge in [0.15, 0.2) is 11.9 Å². The molecule has 0 bridgehead atoms. The molecule has 156 valence electrons. The first kappa shape index (κ1) is 19.7. The van der Waals surface area contributed by atoms with Gasteiger partial charge in [0.1, 0.15) is 11.7 Å². The first-order valence-corrected chi connectivity index (χ1v) is 11.0. The first-order chi connectivity index (χ1) is 15.0. The van der Waals surface area contributed by atoms with E-state index < -0.39 is 23.9 Å². The van der Waals surface area contributed by atoms with Crippen LogP contribution in [0, 0.1) is 18.7 Å². The van der Waals surface area contributed by atoms with E-state index in [0.29, 0.717) is 6.42 Å². The molecule has 0 saturated carbocycles. The average molecular weight is 434 g/mol. The number of hydrogen-bond donors (Lipinski definition) is 1. The van der Waals surface area contributed by atoms with Gasteiger partial charge in [-0.2, -0.15) is 11.3 Å². The Morgan fingerprint density at radius 2 is 1.94 bits per heavy atom. The molecule has 5 rings (SSSR count). The van der Waals surface area contributed by atoms with Gasteiger partial charge in [-0.05, 0) is 58.6 Å². The minimum Gasteiger partial charge on any atom is -0.453 e. The van der Waals surface area contributed by atoms with E-state index in [2.05, 4.69) is 4.98 Å². The van der Waals surface area contributed by atoms with E-state index in [9.17, 15) is 14.0 Å². The zero-order valence-corrected chi connectivity index (χ0v) is 17.6. The molecule has 4 nitrogen and oxygen atoms in total. The summed E-state index contributed by atoms with van der Waals surface area (Å²) in [7, 11) is 0. The van der Waals surface area contributed by atoms with Crippen molar-refractivity contribution in [1.29, 1.82) is 0 Å². The summed E-state index contributed by atoms with van der Waals surface area (Å²) in [5.41, 5.74) is 4.16. The second-order valence-corrected chi connectivity index (χ2v) is 8.66. The molecule has 2 aromatic carbocycles. The molecule has 6 heteroatoms. The number of benzene rings is 2. The highest BCUT2D eigenvalue weighted by Crippen LogP contribution is 2.41. The second-order valence-electron chi connectivity index (χ2n) is 7.88. The van der Waals surface area contributed by atoms with Crippen LogP contribution < -0.4 is 0 Å². The quantitative estimate of drug-likeness (QED) is 0.349. The van der Waals surface area contributed by atoms with Gasteiger partial charge in [0, 0.05) is 28.9 Å². The maximum Gasteiger partial charge on any atom is 0.318 e. The third-order valence-corrected chi connectivity index (χ3v) is 6.71. The van der Waals surface area contributed by atoms with Gasteiger partial charge in [-0.25, -0.2) is 4.39 Å². The van der Waals surface area contributed by atoms with Gasteiger partial charge in [0.2, 0.25) is 0 Å². The number of thiophene rings is 1. The molecule has 1 aliphatic rings. The number of esters is 1. The van der Waals surface area contributed by atoms with Crippen LogP contribution in [-0.4, -0.2) is 22.8 Å². The number of H-pyrrole nitrogens is 1. The highest BCUT2D eigenvalue weighted by atomic mass is 32.1. The molecule has 2 aromatic heterocycles. The van der Waals surface area contributed by atoms with E-state index in [-0.39, 0.29) is 11.6 Å². The standard InChI is InChI=1S/C25H20FNO3S/c1-14-18-12-17(26)7-8-19(18)27-23(14)21(16-9-10-31-13-16)22-24(28)20(30-25(22)29)11-15-5-3-2-4-6-15/h2-10,12-13,20-22,27H,11H2,1H3. The van der Waals surface area contributed by atoms with Gasteiger partial charge in [0.05, 0.1) is 0 Å². The molecule has 0 amide bonds. The van der Waals surface area contributed by atoms with Crippen LogP contribution in [0.15, 0.2) is 65.4 Å². The normalized spacial score (nSPS) is 19.7. The highest BCUT2D eigenvalue weighted by molar-refractivity contribution is 7.08. The number of aromatic amines is 1. The van der Waals surface area contributed by atoms with Crippen molar-refractivity contribution in [2.24, 2.45) is 5.92 Å². The van der Waals surface area contributed by atoms with Crippen LogP contribution in [-0.2, 0) is 20.7 Å². The third-order valence-electron chi connectivity index (χ3n) is 6.01. The van der Waals surface area contributed by atoms with Crippen molar-refractivity contribution in [2.75, 3.05) is 0 Å². The van der Waals surface area contributed by atoms with Crippen molar-refractivity contribution in [3.8, 4) is 0 Å². The van der Waals surface area contributed by atoms with Gasteiger partial charge in [-0.3, -0.25) is 9.59 Å². The Bertz CT molecular complexity index is 1260. The predicted octanol–water partition coefficient (Wildman–Crippen LogP) is 5.16. The summed E-state index contributed by atoms with van der Waals surface area (Å²) in [6.07, 6.45) is -0.446. The zero-order chi connectivity index (χ0) is 21.5. The Labute approximate surface area is 182 Å². The monoisotopic (exact) mass is 433 g/mol. The van der Waals surface area contributed by atoms with Crippen LogP contribution in [0.25, 0.3) is 10.9 Å². The molecule has 4 aromatic rings. The van der Waals surface area contributed by atoms with Gasteiger partial charge < -0.3 is 9.72 Å². The fourth-order valence-electron chi connectivity index (χ4n) is 4.47. The Balaban J connectivity index is 1.57. The number of fused-ring (bicyclic) bond motifs is 1. The van der Waals surface area contributed by atoms with Gasteiger partial charge in [-0.1, -0.05) is 30.3 Å². The Morgan fingerprint density at radius 3 is 2.68 bits per heavy atom. The third kappa shape index (κ3) is 3.47. The summed E-state index contributed by atoms with van der Waals surface area (Å²) in [5, 5.41) is 4.61. The van der Waals surface area contributed by atoms with E-state index in [4.69, 9.17) is 4.74 Å². The van der Waals surface area contributed by atoms with Crippen molar-refractivity contribution >= 4 is 34.0 Å². The molecule has 3 heterocycles. The molecular formula is C25H20FNO3S. The Morgan fingerprint density at radius 1 is 1.13 bits per heavy atom.